The standard InChI is InChI=1S/C8H13NS2/c1-2-7(3-1)6-11-8-9-4-5-10-8/h7H,1-6H2. The van der Waals surface area contributed by atoms with Crippen molar-refractivity contribution in [2.75, 3.05) is 18.1 Å². The molecule has 2 aliphatic rings. The van der Waals surface area contributed by atoms with Gasteiger partial charge in [0.2, 0.25) is 0 Å². The summed E-state index contributed by atoms with van der Waals surface area (Å²) >= 11 is 3.91. The SMILES string of the molecule is C1CC(CSC2=NCCS2)C1. The van der Waals surface area contributed by atoms with Crippen molar-refractivity contribution >= 4 is 27.9 Å². The minimum absolute atomic E-state index is 1.02. The number of hydrogen-bond donors (Lipinski definition) is 0. The number of aliphatic imine (C=N–C) groups is 1. The predicted molar refractivity (Wildman–Crippen MR) is 54.6 cm³/mol. The van der Waals surface area contributed by atoms with E-state index in [2.05, 4.69) is 4.99 Å². The Labute approximate surface area is 76.4 Å². The molecule has 0 N–H and O–H groups in total. The van der Waals surface area contributed by atoms with Gasteiger partial charge in [0.05, 0.1) is 6.54 Å². The van der Waals surface area contributed by atoms with Crippen molar-refractivity contribution in [3.8, 4) is 0 Å². The van der Waals surface area contributed by atoms with Gasteiger partial charge in [-0.2, -0.15) is 0 Å². The van der Waals surface area contributed by atoms with Gasteiger partial charge < -0.3 is 0 Å². The molecule has 1 saturated carbocycles. The Bertz CT molecular complexity index is 163. The van der Waals surface area contributed by atoms with Gasteiger partial charge in [0.1, 0.15) is 4.38 Å². The Hall–Kier alpha value is 0.370. The van der Waals surface area contributed by atoms with Crippen LogP contribution < -0.4 is 0 Å². The summed E-state index contributed by atoms with van der Waals surface area (Å²) in [5.41, 5.74) is 0. The Morgan fingerprint density at radius 2 is 2.45 bits per heavy atom. The van der Waals surface area contributed by atoms with Gasteiger partial charge in [-0.15, -0.1) is 0 Å². The number of nitrogens with zero attached hydrogens (tertiary/aromatic N) is 1. The molecule has 0 amide bonds. The van der Waals surface area contributed by atoms with Gasteiger partial charge in [-0.25, -0.2) is 0 Å². The van der Waals surface area contributed by atoms with E-state index in [-0.39, 0.29) is 0 Å². The summed E-state index contributed by atoms with van der Waals surface area (Å²) in [5.74, 6) is 3.56. The van der Waals surface area contributed by atoms with Gasteiger partial charge in [0, 0.05) is 11.5 Å². The van der Waals surface area contributed by atoms with E-state index in [0.717, 1.165) is 12.5 Å². The van der Waals surface area contributed by atoms with Crippen molar-refractivity contribution in [3.05, 3.63) is 0 Å². The molecule has 0 aromatic rings. The Kier molecular flexibility index (Phi) is 2.80. The van der Waals surface area contributed by atoms with Crippen LogP contribution in [0.1, 0.15) is 19.3 Å². The van der Waals surface area contributed by atoms with E-state index >= 15 is 0 Å². The highest BCUT2D eigenvalue weighted by Crippen LogP contribution is 2.32. The summed E-state index contributed by atoms with van der Waals surface area (Å²) in [4.78, 5) is 4.41. The fourth-order valence-corrected chi connectivity index (χ4v) is 3.47. The maximum atomic E-state index is 4.41. The molecule has 1 aliphatic heterocycles. The Balaban J connectivity index is 1.65. The normalized spacial score (nSPS) is 24.9. The van der Waals surface area contributed by atoms with Gasteiger partial charge >= 0.3 is 0 Å². The monoisotopic (exact) mass is 187 g/mol. The van der Waals surface area contributed by atoms with Gasteiger partial charge in [0.25, 0.3) is 0 Å². The summed E-state index contributed by atoms with van der Waals surface area (Å²) in [6, 6.07) is 0. The predicted octanol–water partition coefficient (Wildman–Crippen LogP) is 2.62. The molecule has 62 valence electrons. The summed E-state index contributed by atoms with van der Waals surface area (Å²) < 4.78 is 1.34. The lowest BCUT2D eigenvalue weighted by Gasteiger charge is -2.24. The minimum atomic E-state index is 1.02. The molecular formula is C8H13NS2. The van der Waals surface area contributed by atoms with Crippen LogP contribution in [-0.2, 0) is 0 Å². The van der Waals surface area contributed by atoms with Crippen LogP contribution in [0, 0.1) is 5.92 Å². The molecule has 2 rings (SSSR count). The van der Waals surface area contributed by atoms with Crippen LogP contribution in [-0.4, -0.2) is 22.4 Å². The van der Waals surface area contributed by atoms with Gasteiger partial charge in [-0.05, 0) is 18.8 Å². The Morgan fingerprint density at radius 3 is 3.00 bits per heavy atom. The molecule has 1 nitrogen and oxygen atoms in total. The van der Waals surface area contributed by atoms with E-state index in [1.807, 2.05) is 23.5 Å². The van der Waals surface area contributed by atoms with E-state index in [1.165, 1.54) is 35.1 Å². The molecule has 0 radical (unpaired) electrons. The fraction of sp³-hybridized carbons (Fsp3) is 0.875. The molecule has 0 bridgehead atoms. The molecule has 0 unspecified atom stereocenters. The summed E-state index contributed by atoms with van der Waals surface area (Å²) in [6.45, 7) is 1.05. The summed E-state index contributed by atoms with van der Waals surface area (Å²) in [5, 5.41) is 0. The van der Waals surface area contributed by atoms with Gasteiger partial charge in [0.15, 0.2) is 0 Å². The first-order chi connectivity index (χ1) is 5.45. The molecule has 0 spiro atoms. The maximum Gasteiger partial charge on any atom is 0.124 e. The zero-order chi connectivity index (χ0) is 7.52. The zero-order valence-electron chi connectivity index (χ0n) is 6.58. The highest BCUT2D eigenvalue weighted by molar-refractivity contribution is 8.39. The average Bonchev–Trinajstić information content (AvgIpc) is 2.36. The number of thioether (sulfide) groups is 2. The summed E-state index contributed by atoms with van der Waals surface area (Å²) in [7, 11) is 0. The molecule has 0 aromatic carbocycles. The van der Waals surface area contributed by atoms with E-state index in [0.29, 0.717) is 0 Å². The average molecular weight is 187 g/mol. The third-order valence-corrected chi connectivity index (χ3v) is 4.71. The second-order valence-electron chi connectivity index (χ2n) is 3.10. The largest absolute Gasteiger partial charge is 0.271 e. The molecule has 0 saturated heterocycles. The molecule has 0 aromatic heterocycles. The first-order valence-corrected chi connectivity index (χ1v) is 6.22. The van der Waals surface area contributed by atoms with Gasteiger partial charge in [-0.3, -0.25) is 4.99 Å². The van der Waals surface area contributed by atoms with Crippen molar-refractivity contribution in [3.63, 3.8) is 0 Å². The van der Waals surface area contributed by atoms with E-state index < -0.39 is 0 Å². The third-order valence-electron chi connectivity index (χ3n) is 2.22. The lowest BCUT2D eigenvalue weighted by Crippen LogP contribution is -2.13. The van der Waals surface area contributed by atoms with Crippen molar-refractivity contribution in [1.82, 2.24) is 0 Å². The first kappa shape index (κ1) is 7.99. The van der Waals surface area contributed by atoms with E-state index in [1.54, 1.807) is 0 Å². The van der Waals surface area contributed by atoms with Crippen molar-refractivity contribution < 1.29 is 0 Å². The molecule has 1 fully saturated rings. The first-order valence-electron chi connectivity index (χ1n) is 4.25. The van der Waals surface area contributed by atoms with Crippen LogP contribution in [0.25, 0.3) is 0 Å². The quantitative estimate of drug-likeness (QED) is 0.659. The fourth-order valence-electron chi connectivity index (χ4n) is 1.25. The third kappa shape index (κ3) is 2.15. The van der Waals surface area contributed by atoms with Crippen LogP contribution >= 0.6 is 23.5 Å². The summed E-state index contributed by atoms with van der Waals surface area (Å²) in [6.07, 6.45) is 4.39. The molecular weight excluding hydrogens is 174 g/mol. The second-order valence-corrected chi connectivity index (χ2v) is 5.45. The van der Waals surface area contributed by atoms with Crippen LogP contribution in [0.4, 0.5) is 0 Å². The molecule has 1 aliphatic carbocycles. The van der Waals surface area contributed by atoms with Crippen LogP contribution in [0.2, 0.25) is 0 Å². The lowest BCUT2D eigenvalue weighted by molar-refractivity contribution is 0.353. The van der Waals surface area contributed by atoms with Crippen LogP contribution in [0.3, 0.4) is 0 Å². The van der Waals surface area contributed by atoms with Crippen molar-refractivity contribution in [1.29, 1.82) is 0 Å². The van der Waals surface area contributed by atoms with E-state index in [4.69, 9.17) is 0 Å². The van der Waals surface area contributed by atoms with Crippen molar-refractivity contribution in [2.45, 2.75) is 19.3 Å². The van der Waals surface area contributed by atoms with Crippen molar-refractivity contribution in [2.24, 2.45) is 10.9 Å². The molecule has 11 heavy (non-hydrogen) atoms. The molecule has 3 heteroatoms. The zero-order valence-corrected chi connectivity index (χ0v) is 8.22. The second kappa shape index (κ2) is 3.85. The van der Waals surface area contributed by atoms with E-state index in [9.17, 15) is 0 Å². The topological polar surface area (TPSA) is 12.4 Å². The highest BCUT2D eigenvalue weighted by Gasteiger charge is 2.18. The molecule has 0 atom stereocenters. The molecule has 1 heterocycles. The number of rotatable bonds is 2. The highest BCUT2D eigenvalue weighted by atomic mass is 32.2. The van der Waals surface area contributed by atoms with Crippen LogP contribution in [0.5, 0.6) is 0 Å². The maximum absolute atomic E-state index is 4.41. The smallest absolute Gasteiger partial charge is 0.124 e. The number of hydrogen-bond acceptors (Lipinski definition) is 3. The minimum Gasteiger partial charge on any atom is -0.271 e. The van der Waals surface area contributed by atoms with Crippen LogP contribution in [0.15, 0.2) is 4.99 Å². The lowest BCUT2D eigenvalue weighted by atomic mass is 9.87. The van der Waals surface area contributed by atoms with Gasteiger partial charge in [-0.1, -0.05) is 29.9 Å². The Morgan fingerprint density at radius 1 is 1.55 bits per heavy atom.